The van der Waals surface area contributed by atoms with E-state index in [1.807, 2.05) is 0 Å². The zero-order valence-electron chi connectivity index (χ0n) is 8.14. The first kappa shape index (κ1) is 10.5. The molecule has 1 aromatic rings. The number of halogens is 3. The molecule has 15 heavy (non-hydrogen) atoms. The van der Waals surface area contributed by atoms with Crippen molar-refractivity contribution in [3.05, 3.63) is 35.1 Å². The van der Waals surface area contributed by atoms with Gasteiger partial charge in [0.25, 0.3) is 0 Å². The maximum Gasteiger partial charge on any atom is 0.194 e. The van der Waals surface area contributed by atoms with Gasteiger partial charge in [0.1, 0.15) is 0 Å². The number of hydrogen-bond donors (Lipinski definition) is 1. The predicted molar refractivity (Wildman–Crippen MR) is 50.6 cm³/mol. The van der Waals surface area contributed by atoms with Gasteiger partial charge in [-0.05, 0) is 36.5 Å². The summed E-state index contributed by atoms with van der Waals surface area (Å²) in [5.41, 5.74) is 6.18. The molecule has 0 aliphatic heterocycles. The molecule has 4 heteroatoms. The molecule has 0 saturated heterocycles. The minimum absolute atomic E-state index is 0.272. The third-order valence-corrected chi connectivity index (χ3v) is 3.05. The summed E-state index contributed by atoms with van der Waals surface area (Å²) in [5, 5.41) is 0. The Labute approximate surface area is 86.1 Å². The average molecular weight is 215 g/mol. The van der Waals surface area contributed by atoms with Crippen molar-refractivity contribution in [1.29, 1.82) is 0 Å². The topological polar surface area (TPSA) is 26.0 Å². The Balaban J connectivity index is 2.27. The molecule has 1 fully saturated rings. The molecular formula is C11H12F3N. The van der Waals surface area contributed by atoms with Crippen LogP contribution in [-0.4, -0.2) is 0 Å². The van der Waals surface area contributed by atoms with Crippen LogP contribution in [0.15, 0.2) is 12.1 Å². The molecule has 0 bridgehead atoms. The van der Waals surface area contributed by atoms with E-state index in [9.17, 15) is 13.2 Å². The smallest absolute Gasteiger partial charge is 0.194 e. The average Bonchev–Trinajstić information content (AvgIpc) is 2.10. The minimum atomic E-state index is -1.43. The van der Waals surface area contributed by atoms with Crippen molar-refractivity contribution in [2.75, 3.05) is 0 Å². The fourth-order valence-electron chi connectivity index (χ4n) is 1.84. The van der Waals surface area contributed by atoms with Crippen LogP contribution in [0.2, 0.25) is 0 Å². The normalized spacial score (nSPS) is 18.7. The number of hydrogen-bond acceptors (Lipinski definition) is 1. The highest BCUT2D eigenvalue weighted by atomic mass is 19.2. The van der Waals surface area contributed by atoms with Crippen molar-refractivity contribution in [1.82, 2.24) is 0 Å². The van der Waals surface area contributed by atoms with Crippen molar-refractivity contribution in [2.24, 2.45) is 11.7 Å². The Kier molecular flexibility index (Phi) is 2.69. The minimum Gasteiger partial charge on any atom is -0.324 e. The van der Waals surface area contributed by atoms with E-state index in [1.165, 1.54) is 0 Å². The molecule has 1 saturated carbocycles. The van der Waals surface area contributed by atoms with Gasteiger partial charge in [0.05, 0.1) is 0 Å². The van der Waals surface area contributed by atoms with Crippen LogP contribution in [0.5, 0.6) is 0 Å². The fourth-order valence-corrected chi connectivity index (χ4v) is 1.84. The summed E-state index contributed by atoms with van der Waals surface area (Å²) in [6.07, 6.45) is 3.05. The summed E-state index contributed by atoms with van der Waals surface area (Å²) >= 11 is 0. The monoisotopic (exact) mass is 215 g/mol. The Morgan fingerprint density at radius 2 is 1.67 bits per heavy atom. The summed E-state index contributed by atoms with van der Waals surface area (Å²) in [6, 6.07) is 1.59. The molecule has 1 aliphatic carbocycles. The number of benzene rings is 1. The van der Waals surface area contributed by atoms with Gasteiger partial charge in [0.2, 0.25) is 0 Å². The third-order valence-electron chi connectivity index (χ3n) is 3.05. The first-order valence-corrected chi connectivity index (χ1v) is 4.99. The van der Waals surface area contributed by atoms with Crippen LogP contribution in [0.1, 0.15) is 30.9 Å². The highest BCUT2D eigenvalue weighted by molar-refractivity contribution is 5.23. The molecule has 82 valence electrons. The van der Waals surface area contributed by atoms with Gasteiger partial charge >= 0.3 is 0 Å². The zero-order valence-corrected chi connectivity index (χ0v) is 8.14. The third kappa shape index (κ3) is 1.86. The van der Waals surface area contributed by atoms with Crippen molar-refractivity contribution < 1.29 is 13.2 Å². The Bertz CT molecular complexity index is 351. The molecule has 0 radical (unpaired) electrons. The van der Waals surface area contributed by atoms with E-state index in [4.69, 9.17) is 5.73 Å². The molecule has 2 N–H and O–H groups in total. The molecule has 1 aliphatic rings. The van der Waals surface area contributed by atoms with Crippen LogP contribution >= 0.6 is 0 Å². The van der Waals surface area contributed by atoms with Crippen LogP contribution in [0, 0.1) is 23.4 Å². The highest BCUT2D eigenvalue weighted by Gasteiger charge is 2.26. The maximum atomic E-state index is 12.9. The van der Waals surface area contributed by atoms with E-state index < -0.39 is 17.5 Å². The molecule has 0 spiro atoms. The summed E-state index contributed by atoms with van der Waals surface area (Å²) in [6.45, 7) is 0. The molecule has 0 aromatic heterocycles. The number of rotatable bonds is 2. The summed E-state index contributed by atoms with van der Waals surface area (Å²) in [4.78, 5) is 0. The quantitative estimate of drug-likeness (QED) is 0.754. The summed E-state index contributed by atoms with van der Waals surface area (Å²) in [5.74, 6) is -3.49. The first-order chi connectivity index (χ1) is 7.09. The van der Waals surface area contributed by atoms with Crippen molar-refractivity contribution >= 4 is 0 Å². The van der Waals surface area contributed by atoms with Crippen molar-refractivity contribution in [2.45, 2.75) is 25.3 Å². The molecule has 0 heterocycles. The van der Waals surface area contributed by atoms with Crippen LogP contribution in [0.3, 0.4) is 0 Å². The van der Waals surface area contributed by atoms with Gasteiger partial charge in [0.15, 0.2) is 17.5 Å². The lowest BCUT2D eigenvalue weighted by Gasteiger charge is -2.31. The second kappa shape index (κ2) is 3.85. The molecular weight excluding hydrogens is 203 g/mol. The SMILES string of the molecule is NC(c1cc(F)c(F)c(F)c1)C1CCC1. The number of nitrogens with two attached hydrogens (primary N) is 1. The van der Waals surface area contributed by atoms with Gasteiger partial charge in [-0.3, -0.25) is 0 Å². The van der Waals surface area contributed by atoms with E-state index >= 15 is 0 Å². The second-order valence-electron chi connectivity index (χ2n) is 4.02. The molecule has 1 atom stereocenters. The van der Waals surface area contributed by atoms with E-state index in [1.54, 1.807) is 0 Å². The van der Waals surface area contributed by atoms with E-state index in [0.717, 1.165) is 31.4 Å². The van der Waals surface area contributed by atoms with E-state index in [0.29, 0.717) is 5.56 Å². The summed E-state index contributed by atoms with van der Waals surface area (Å²) < 4.78 is 38.5. The molecule has 1 nitrogen and oxygen atoms in total. The zero-order chi connectivity index (χ0) is 11.0. The van der Waals surface area contributed by atoms with Gasteiger partial charge < -0.3 is 5.73 Å². The highest BCUT2D eigenvalue weighted by Crippen LogP contribution is 2.36. The van der Waals surface area contributed by atoms with Crippen LogP contribution in [0.4, 0.5) is 13.2 Å². The standard InChI is InChI=1S/C11H12F3N/c12-8-4-7(5-9(13)10(8)14)11(15)6-2-1-3-6/h4-6,11H,1-3,15H2. The lowest BCUT2D eigenvalue weighted by atomic mass is 9.77. The molecule has 1 aromatic carbocycles. The van der Waals surface area contributed by atoms with Gasteiger partial charge in [-0.1, -0.05) is 6.42 Å². The van der Waals surface area contributed by atoms with Crippen molar-refractivity contribution in [3.63, 3.8) is 0 Å². The Hall–Kier alpha value is -1.03. The first-order valence-electron chi connectivity index (χ1n) is 4.99. The Morgan fingerprint density at radius 3 is 2.07 bits per heavy atom. The lowest BCUT2D eigenvalue weighted by molar-refractivity contribution is 0.263. The van der Waals surface area contributed by atoms with Gasteiger partial charge in [-0.15, -0.1) is 0 Å². The predicted octanol–water partition coefficient (Wildman–Crippen LogP) is 2.90. The fraction of sp³-hybridized carbons (Fsp3) is 0.455. The van der Waals surface area contributed by atoms with Crippen LogP contribution in [0.25, 0.3) is 0 Å². The van der Waals surface area contributed by atoms with E-state index in [-0.39, 0.29) is 12.0 Å². The molecule has 2 rings (SSSR count). The van der Waals surface area contributed by atoms with Crippen molar-refractivity contribution in [3.8, 4) is 0 Å². The molecule has 1 unspecified atom stereocenters. The van der Waals surface area contributed by atoms with Crippen LogP contribution < -0.4 is 5.73 Å². The largest absolute Gasteiger partial charge is 0.324 e. The van der Waals surface area contributed by atoms with Crippen LogP contribution in [-0.2, 0) is 0 Å². The maximum absolute atomic E-state index is 12.9. The summed E-state index contributed by atoms with van der Waals surface area (Å²) in [7, 11) is 0. The molecule has 0 amide bonds. The van der Waals surface area contributed by atoms with Gasteiger partial charge in [-0.25, -0.2) is 13.2 Å². The Morgan fingerprint density at radius 1 is 1.13 bits per heavy atom. The lowest BCUT2D eigenvalue weighted by Crippen LogP contribution is -2.27. The van der Waals surface area contributed by atoms with Gasteiger partial charge in [0, 0.05) is 6.04 Å². The second-order valence-corrected chi connectivity index (χ2v) is 4.02. The van der Waals surface area contributed by atoms with E-state index in [2.05, 4.69) is 0 Å². The van der Waals surface area contributed by atoms with Gasteiger partial charge in [-0.2, -0.15) is 0 Å².